The molecule has 0 aromatic carbocycles. The molecule has 0 amide bonds. The molecule has 1 saturated carbocycles. The highest BCUT2D eigenvalue weighted by Gasteiger charge is 2.37. The van der Waals surface area contributed by atoms with Gasteiger partial charge in [-0.25, -0.2) is 0 Å². The second-order valence-corrected chi connectivity index (χ2v) is 7.78. The standard InChI is InChI=1S/C21H38O4/c1-4-5-10-15-24-20(22)18-13-8-9-14-19(18)21(23)25-16-11-6-7-12-17(2)3/h17-19H,4-16H2,1-3H3. The van der Waals surface area contributed by atoms with Gasteiger partial charge in [0.25, 0.3) is 0 Å². The van der Waals surface area contributed by atoms with Crippen LogP contribution in [0.25, 0.3) is 0 Å². The third kappa shape index (κ3) is 9.27. The summed E-state index contributed by atoms with van der Waals surface area (Å²) in [7, 11) is 0. The molecule has 0 saturated heterocycles. The Morgan fingerprint density at radius 2 is 1.36 bits per heavy atom. The smallest absolute Gasteiger partial charge is 0.309 e. The average Bonchev–Trinajstić information content (AvgIpc) is 2.61. The highest BCUT2D eigenvalue weighted by atomic mass is 16.5. The van der Waals surface area contributed by atoms with Crippen molar-refractivity contribution in [2.45, 2.75) is 91.4 Å². The molecule has 0 aliphatic heterocycles. The van der Waals surface area contributed by atoms with Crippen molar-refractivity contribution >= 4 is 11.9 Å². The van der Waals surface area contributed by atoms with Gasteiger partial charge in [-0.3, -0.25) is 9.59 Å². The molecule has 0 N–H and O–H groups in total. The second-order valence-electron chi connectivity index (χ2n) is 7.78. The fourth-order valence-corrected chi connectivity index (χ4v) is 3.44. The summed E-state index contributed by atoms with van der Waals surface area (Å²) >= 11 is 0. The van der Waals surface area contributed by atoms with Crippen molar-refractivity contribution in [2.24, 2.45) is 17.8 Å². The quantitative estimate of drug-likeness (QED) is 0.353. The predicted molar refractivity (Wildman–Crippen MR) is 100 cm³/mol. The first-order chi connectivity index (χ1) is 12.1. The molecule has 2 atom stereocenters. The molecule has 25 heavy (non-hydrogen) atoms. The fraction of sp³-hybridized carbons (Fsp3) is 0.905. The van der Waals surface area contributed by atoms with E-state index < -0.39 is 0 Å². The molecule has 1 rings (SSSR count). The van der Waals surface area contributed by atoms with Crippen molar-refractivity contribution in [3.05, 3.63) is 0 Å². The summed E-state index contributed by atoms with van der Waals surface area (Å²) in [5, 5.41) is 0. The van der Waals surface area contributed by atoms with E-state index in [1.165, 1.54) is 12.8 Å². The molecular weight excluding hydrogens is 316 g/mol. The Morgan fingerprint density at radius 1 is 0.840 bits per heavy atom. The molecule has 1 fully saturated rings. The van der Waals surface area contributed by atoms with E-state index >= 15 is 0 Å². The van der Waals surface area contributed by atoms with Gasteiger partial charge in [0.15, 0.2) is 0 Å². The number of unbranched alkanes of at least 4 members (excludes halogenated alkanes) is 4. The van der Waals surface area contributed by atoms with E-state index in [9.17, 15) is 9.59 Å². The van der Waals surface area contributed by atoms with Gasteiger partial charge in [0.1, 0.15) is 0 Å². The van der Waals surface area contributed by atoms with E-state index in [2.05, 4.69) is 20.8 Å². The molecule has 4 heteroatoms. The lowest BCUT2D eigenvalue weighted by molar-refractivity contribution is -0.163. The van der Waals surface area contributed by atoms with Crippen LogP contribution in [0.5, 0.6) is 0 Å². The normalized spacial score (nSPS) is 20.5. The summed E-state index contributed by atoms with van der Waals surface area (Å²) in [5.41, 5.74) is 0. The summed E-state index contributed by atoms with van der Waals surface area (Å²) in [6, 6.07) is 0. The number of hydrogen-bond donors (Lipinski definition) is 0. The highest BCUT2D eigenvalue weighted by Crippen LogP contribution is 2.32. The van der Waals surface area contributed by atoms with E-state index in [1.54, 1.807) is 0 Å². The second kappa shape index (κ2) is 13.2. The van der Waals surface area contributed by atoms with Gasteiger partial charge in [0.2, 0.25) is 0 Å². The summed E-state index contributed by atoms with van der Waals surface area (Å²) in [4.78, 5) is 24.7. The first kappa shape index (κ1) is 22.0. The Labute approximate surface area is 154 Å². The Hall–Kier alpha value is -1.06. The average molecular weight is 355 g/mol. The zero-order valence-corrected chi connectivity index (χ0v) is 16.6. The van der Waals surface area contributed by atoms with Crippen LogP contribution in [0.15, 0.2) is 0 Å². The Morgan fingerprint density at radius 3 is 1.84 bits per heavy atom. The molecule has 0 heterocycles. The Bertz CT molecular complexity index is 378. The first-order valence-corrected chi connectivity index (χ1v) is 10.4. The van der Waals surface area contributed by atoms with Crippen molar-refractivity contribution in [2.75, 3.05) is 13.2 Å². The van der Waals surface area contributed by atoms with Gasteiger partial charge in [-0.15, -0.1) is 0 Å². The summed E-state index contributed by atoms with van der Waals surface area (Å²) < 4.78 is 10.9. The molecule has 1 aliphatic rings. The third-order valence-corrected chi connectivity index (χ3v) is 5.03. The molecule has 146 valence electrons. The zero-order chi connectivity index (χ0) is 18.5. The molecule has 0 bridgehead atoms. The Kier molecular flexibility index (Phi) is 11.6. The molecule has 0 radical (unpaired) electrons. The van der Waals surface area contributed by atoms with E-state index in [1.807, 2.05) is 0 Å². The third-order valence-electron chi connectivity index (χ3n) is 5.03. The van der Waals surface area contributed by atoms with Gasteiger partial charge < -0.3 is 9.47 Å². The van der Waals surface area contributed by atoms with Gasteiger partial charge in [0, 0.05) is 0 Å². The predicted octanol–water partition coefficient (Wildman–Crippen LogP) is 5.29. The lowest BCUT2D eigenvalue weighted by atomic mass is 9.79. The van der Waals surface area contributed by atoms with Crippen LogP contribution in [-0.2, 0) is 19.1 Å². The van der Waals surface area contributed by atoms with E-state index in [0.29, 0.717) is 13.2 Å². The van der Waals surface area contributed by atoms with Crippen LogP contribution in [0.3, 0.4) is 0 Å². The number of carbonyl (C=O) groups is 2. The number of carbonyl (C=O) groups excluding carboxylic acids is 2. The van der Waals surface area contributed by atoms with Crippen LogP contribution in [-0.4, -0.2) is 25.2 Å². The van der Waals surface area contributed by atoms with Crippen molar-refractivity contribution in [3.8, 4) is 0 Å². The topological polar surface area (TPSA) is 52.6 Å². The van der Waals surface area contributed by atoms with E-state index in [0.717, 1.165) is 63.7 Å². The van der Waals surface area contributed by atoms with Crippen molar-refractivity contribution in [1.82, 2.24) is 0 Å². The Balaban J connectivity index is 2.31. The summed E-state index contributed by atoms with van der Waals surface area (Å²) in [6.45, 7) is 7.53. The number of esters is 2. The first-order valence-electron chi connectivity index (χ1n) is 10.4. The monoisotopic (exact) mass is 354 g/mol. The van der Waals surface area contributed by atoms with Crippen LogP contribution in [0, 0.1) is 17.8 Å². The maximum atomic E-state index is 12.4. The number of ether oxygens (including phenoxy) is 2. The number of rotatable bonds is 12. The van der Waals surface area contributed by atoms with Crippen LogP contribution < -0.4 is 0 Å². The SMILES string of the molecule is CCCCCOC(=O)C1CCCCC1C(=O)OCCCCCC(C)C. The van der Waals surface area contributed by atoms with Crippen LogP contribution in [0.4, 0.5) is 0 Å². The largest absolute Gasteiger partial charge is 0.465 e. The van der Waals surface area contributed by atoms with Crippen molar-refractivity contribution in [3.63, 3.8) is 0 Å². The van der Waals surface area contributed by atoms with Crippen molar-refractivity contribution < 1.29 is 19.1 Å². The molecule has 0 aromatic rings. The molecule has 4 nitrogen and oxygen atoms in total. The van der Waals surface area contributed by atoms with E-state index in [-0.39, 0.29) is 23.8 Å². The number of hydrogen-bond acceptors (Lipinski definition) is 4. The maximum Gasteiger partial charge on any atom is 0.309 e. The minimum atomic E-state index is -0.303. The molecule has 1 aliphatic carbocycles. The molecule has 0 spiro atoms. The zero-order valence-electron chi connectivity index (χ0n) is 16.6. The summed E-state index contributed by atoms with van der Waals surface area (Å²) in [6.07, 6.45) is 11.0. The summed E-state index contributed by atoms with van der Waals surface area (Å²) in [5.74, 6) is -0.269. The molecule has 0 aromatic heterocycles. The highest BCUT2D eigenvalue weighted by molar-refractivity contribution is 5.82. The van der Waals surface area contributed by atoms with Gasteiger partial charge in [-0.05, 0) is 31.6 Å². The maximum absolute atomic E-state index is 12.4. The molecular formula is C21H38O4. The molecule has 2 unspecified atom stereocenters. The minimum Gasteiger partial charge on any atom is -0.465 e. The lowest BCUT2D eigenvalue weighted by Gasteiger charge is -2.28. The van der Waals surface area contributed by atoms with Crippen molar-refractivity contribution in [1.29, 1.82) is 0 Å². The van der Waals surface area contributed by atoms with Gasteiger partial charge >= 0.3 is 11.9 Å². The fourth-order valence-electron chi connectivity index (χ4n) is 3.44. The van der Waals surface area contributed by atoms with Gasteiger partial charge in [-0.1, -0.05) is 65.7 Å². The van der Waals surface area contributed by atoms with E-state index in [4.69, 9.17) is 9.47 Å². The van der Waals surface area contributed by atoms with Crippen LogP contribution in [0.1, 0.15) is 91.4 Å². The van der Waals surface area contributed by atoms with Crippen LogP contribution in [0.2, 0.25) is 0 Å². The van der Waals surface area contributed by atoms with Gasteiger partial charge in [0.05, 0.1) is 25.0 Å². The van der Waals surface area contributed by atoms with Crippen LogP contribution >= 0.6 is 0 Å². The lowest BCUT2D eigenvalue weighted by Crippen LogP contribution is -2.35. The minimum absolute atomic E-state index is 0.195. The van der Waals surface area contributed by atoms with Gasteiger partial charge in [-0.2, -0.15) is 0 Å².